The highest BCUT2D eigenvalue weighted by Crippen LogP contribution is 2.39. The standard InChI is InChI=1S/C23H23FN2O2/c1-25-22(20-11-8-16-4-3-5-21(27-2)23(16)28-20)18-12-17(13-26-14-18)15-6-9-19(24)10-7-15/h3-7,9-10,12-14,20,22,25H,8,11H2,1-2H3/t20-,22?/m0/s1. The Morgan fingerprint density at radius 1 is 1.14 bits per heavy atom. The summed E-state index contributed by atoms with van der Waals surface area (Å²) in [5, 5.41) is 3.38. The van der Waals surface area contributed by atoms with Crippen LogP contribution in [0.4, 0.5) is 4.39 Å². The minimum atomic E-state index is -0.246. The van der Waals surface area contributed by atoms with E-state index in [2.05, 4.69) is 22.4 Å². The van der Waals surface area contributed by atoms with Crippen molar-refractivity contribution >= 4 is 0 Å². The summed E-state index contributed by atoms with van der Waals surface area (Å²) in [6.07, 6.45) is 5.44. The first-order valence-electron chi connectivity index (χ1n) is 9.40. The molecule has 2 atom stereocenters. The Hall–Kier alpha value is -2.92. The molecule has 0 saturated heterocycles. The lowest BCUT2D eigenvalue weighted by Gasteiger charge is -2.33. The third kappa shape index (κ3) is 3.58. The largest absolute Gasteiger partial charge is 0.493 e. The SMILES string of the molecule is CNC(c1cncc(-c2ccc(F)cc2)c1)[C@@H]1CCc2cccc(OC)c2O1. The predicted molar refractivity (Wildman–Crippen MR) is 107 cm³/mol. The molecule has 0 aliphatic carbocycles. The zero-order valence-electron chi connectivity index (χ0n) is 16.0. The van der Waals surface area contributed by atoms with E-state index in [-0.39, 0.29) is 18.0 Å². The first kappa shape index (κ1) is 18.4. The summed E-state index contributed by atoms with van der Waals surface area (Å²) in [5.41, 5.74) is 4.09. The monoisotopic (exact) mass is 378 g/mol. The van der Waals surface area contributed by atoms with Crippen LogP contribution in [-0.2, 0) is 6.42 Å². The van der Waals surface area contributed by atoms with Crippen LogP contribution in [0.2, 0.25) is 0 Å². The van der Waals surface area contributed by atoms with Gasteiger partial charge in [-0.25, -0.2) is 4.39 Å². The number of para-hydroxylation sites is 1. The number of rotatable bonds is 5. The van der Waals surface area contributed by atoms with Crippen LogP contribution in [0.5, 0.6) is 11.5 Å². The summed E-state index contributed by atoms with van der Waals surface area (Å²) in [4.78, 5) is 4.41. The van der Waals surface area contributed by atoms with Gasteiger partial charge in [0.25, 0.3) is 0 Å². The van der Waals surface area contributed by atoms with Crippen LogP contribution >= 0.6 is 0 Å². The van der Waals surface area contributed by atoms with Crippen LogP contribution in [0.1, 0.15) is 23.6 Å². The third-order valence-electron chi connectivity index (χ3n) is 5.23. The van der Waals surface area contributed by atoms with Crippen LogP contribution in [0.15, 0.2) is 60.9 Å². The van der Waals surface area contributed by atoms with E-state index in [0.29, 0.717) is 0 Å². The minimum Gasteiger partial charge on any atom is -0.493 e. The van der Waals surface area contributed by atoms with Crippen molar-refractivity contribution < 1.29 is 13.9 Å². The second kappa shape index (κ2) is 7.98. The highest BCUT2D eigenvalue weighted by Gasteiger charge is 2.30. The highest BCUT2D eigenvalue weighted by atomic mass is 19.1. The van der Waals surface area contributed by atoms with Crippen molar-refractivity contribution in [2.24, 2.45) is 0 Å². The molecule has 5 heteroatoms. The molecule has 0 fully saturated rings. The number of benzene rings is 2. The van der Waals surface area contributed by atoms with Crippen molar-refractivity contribution in [3.63, 3.8) is 0 Å². The lowest BCUT2D eigenvalue weighted by Crippen LogP contribution is -2.36. The molecular weight excluding hydrogens is 355 g/mol. The lowest BCUT2D eigenvalue weighted by molar-refractivity contribution is 0.127. The summed E-state index contributed by atoms with van der Waals surface area (Å²) in [6, 6.07) is 14.5. The normalized spacial score (nSPS) is 16.8. The van der Waals surface area contributed by atoms with Crippen molar-refractivity contribution in [2.75, 3.05) is 14.2 Å². The molecule has 28 heavy (non-hydrogen) atoms. The van der Waals surface area contributed by atoms with E-state index in [4.69, 9.17) is 9.47 Å². The first-order chi connectivity index (χ1) is 13.7. The lowest BCUT2D eigenvalue weighted by atomic mass is 9.93. The van der Waals surface area contributed by atoms with Gasteiger partial charge in [0, 0.05) is 18.0 Å². The molecule has 4 rings (SSSR count). The van der Waals surface area contributed by atoms with Gasteiger partial charge in [-0.15, -0.1) is 0 Å². The molecule has 1 N–H and O–H groups in total. The molecule has 1 aliphatic heterocycles. The summed E-state index contributed by atoms with van der Waals surface area (Å²) >= 11 is 0. The fraction of sp³-hybridized carbons (Fsp3) is 0.261. The van der Waals surface area contributed by atoms with Crippen LogP contribution in [-0.4, -0.2) is 25.2 Å². The summed E-state index contributed by atoms with van der Waals surface area (Å²) < 4.78 is 25.1. The van der Waals surface area contributed by atoms with Crippen molar-refractivity contribution in [2.45, 2.75) is 25.0 Å². The quantitative estimate of drug-likeness (QED) is 0.707. The molecule has 3 aromatic rings. The van der Waals surface area contributed by atoms with Gasteiger partial charge in [-0.3, -0.25) is 4.98 Å². The molecule has 1 unspecified atom stereocenters. The molecule has 1 aliphatic rings. The fourth-order valence-corrected chi connectivity index (χ4v) is 3.79. The van der Waals surface area contributed by atoms with Gasteiger partial charge >= 0.3 is 0 Å². The molecule has 0 radical (unpaired) electrons. The number of likely N-dealkylation sites (N-methyl/N-ethyl adjacent to an activating group) is 1. The van der Waals surface area contributed by atoms with Gasteiger partial charge in [0.2, 0.25) is 0 Å². The number of aromatic nitrogens is 1. The molecule has 144 valence electrons. The average molecular weight is 378 g/mol. The Bertz CT molecular complexity index is 945. The smallest absolute Gasteiger partial charge is 0.164 e. The summed E-state index contributed by atoms with van der Waals surface area (Å²) in [6.45, 7) is 0. The van der Waals surface area contributed by atoms with Crippen molar-refractivity contribution in [1.82, 2.24) is 10.3 Å². The van der Waals surface area contributed by atoms with E-state index in [1.165, 1.54) is 17.7 Å². The number of nitrogens with zero attached hydrogens (tertiary/aromatic N) is 1. The predicted octanol–water partition coefficient (Wildman–Crippen LogP) is 4.55. The maximum atomic E-state index is 13.2. The maximum absolute atomic E-state index is 13.2. The number of fused-ring (bicyclic) bond motifs is 1. The molecule has 2 heterocycles. The Balaban J connectivity index is 1.63. The Kier molecular flexibility index (Phi) is 5.26. The number of hydrogen-bond acceptors (Lipinski definition) is 4. The first-order valence-corrected chi connectivity index (χ1v) is 9.40. The Labute approximate surface area is 164 Å². The van der Waals surface area contributed by atoms with Gasteiger partial charge in [0.1, 0.15) is 11.9 Å². The van der Waals surface area contributed by atoms with Gasteiger partial charge in [0.05, 0.1) is 13.2 Å². The molecule has 0 bridgehead atoms. The van der Waals surface area contributed by atoms with Gasteiger partial charge in [-0.2, -0.15) is 0 Å². The van der Waals surface area contributed by atoms with Crippen molar-refractivity contribution in [1.29, 1.82) is 0 Å². The van der Waals surface area contributed by atoms with E-state index in [1.54, 1.807) is 25.4 Å². The second-order valence-corrected chi connectivity index (χ2v) is 6.92. The molecule has 2 aromatic carbocycles. The number of pyridine rings is 1. The fourth-order valence-electron chi connectivity index (χ4n) is 3.79. The third-order valence-corrected chi connectivity index (χ3v) is 5.23. The molecular formula is C23H23FN2O2. The van der Waals surface area contributed by atoms with E-state index < -0.39 is 0 Å². The highest BCUT2D eigenvalue weighted by molar-refractivity contribution is 5.63. The molecule has 0 saturated carbocycles. The van der Waals surface area contributed by atoms with Crippen molar-refractivity contribution in [3.8, 4) is 22.6 Å². The Morgan fingerprint density at radius 2 is 1.96 bits per heavy atom. The number of ether oxygens (including phenoxy) is 2. The number of hydrogen-bond donors (Lipinski definition) is 1. The van der Waals surface area contributed by atoms with E-state index in [9.17, 15) is 4.39 Å². The number of nitrogens with one attached hydrogen (secondary N) is 1. The van der Waals surface area contributed by atoms with Crippen LogP contribution < -0.4 is 14.8 Å². The number of aryl methyl sites for hydroxylation is 1. The molecule has 1 aromatic heterocycles. The van der Waals surface area contributed by atoms with E-state index in [0.717, 1.165) is 41.0 Å². The summed E-state index contributed by atoms with van der Waals surface area (Å²) in [5.74, 6) is 1.34. The van der Waals surface area contributed by atoms with Gasteiger partial charge < -0.3 is 14.8 Å². The molecule has 4 nitrogen and oxygen atoms in total. The van der Waals surface area contributed by atoms with Gasteiger partial charge in [-0.05, 0) is 60.8 Å². The van der Waals surface area contributed by atoms with Crippen LogP contribution in [0, 0.1) is 5.82 Å². The minimum absolute atomic E-state index is 0.0223. The zero-order valence-corrected chi connectivity index (χ0v) is 16.0. The maximum Gasteiger partial charge on any atom is 0.164 e. The van der Waals surface area contributed by atoms with E-state index >= 15 is 0 Å². The zero-order chi connectivity index (χ0) is 19.5. The van der Waals surface area contributed by atoms with Crippen LogP contribution in [0.3, 0.4) is 0 Å². The number of halogens is 1. The van der Waals surface area contributed by atoms with Gasteiger partial charge in [-0.1, -0.05) is 24.3 Å². The average Bonchev–Trinajstić information content (AvgIpc) is 2.74. The van der Waals surface area contributed by atoms with Crippen molar-refractivity contribution in [3.05, 3.63) is 77.9 Å². The second-order valence-electron chi connectivity index (χ2n) is 6.92. The van der Waals surface area contributed by atoms with E-state index in [1.807, 2.05) is 25.4 Å². The topological polar surface area (TPSA) is 43.4 Å². The molecule has 0 spiro atoms. The molecule has 0 amide bonds. The number of methoxy groups -OCH3 is 1. The summed E-state index contributed by atoms with van der Waals surface area (Å²) in [7, 11) is 3.59. The Morgan fingerprint density at radius 3 is 2.71 bits per heavy atom. The van der Waals surface area contributed by atoms with Crippen LogP contribution in [0.25, 0.3) is 11.1 Å². The van der Waals surface area contributed by atoms with Gasteiger partial charge in [0.15, 0.2) is 11.5 Å².